The topological polar surface area (TPSA) is 50.2 Å². The molecule has 1 heterocycles. The minimum absolute atomic E-state index is 0.0607. The quantitative estimate of drug-likeness (QED) is 0.921. The molecule has 0 fully saturated rings. The Hall–Kier alpha value is -1.85. The summed E-state index contributed by atoms with van der Waals surface area (Å²) in [5.41, 5.74) is 3.74. The third kappa shape index (κ3) is 4.08. The molecule has 0 bridgehead atoms. The van der Waals surface area contributed by atoms with E-state index in [1.807, 2.05) is 57.2 Å². The lowest BCUT2D eigenvalue weighted by Gasteiger charge is -2.16. The maximum atomic E-state index is 12.2. The molecule has 118 valence electrons. The molecule has 0 aliphatic rings. The van der Waals surface area contributed by atoms with Crippen molar-refractivity contribution in [3.63, 3.8) is 0 Å². The number of halogens is 1. The van der Waals surface area contributed by atoms with E-state index in [1.54, 1.807) is 4.68 Å². The number of rotatable bonds is 5. The minimum atomic E-state index is -0.0607. The smallest absolute Gasteiger partial charge is 0.238 e. The molecule has 2 aromatic rings. The molecule has 0 aliphatic heterocycles. The lowest BCUT2D eigenvalue weighted by molar-refractivity contribution is -0.117. The molecule has 0 atom stereocenters. The number of carbonyl (C=O) groups is 1. The molecule has 0 aliphatic carbocycles. The molecule has 6 heteroatoms. The van der Waals surface area contributed by atoms with Crippen LogP contribution in [0.2, 0.25) is 5.02 Å². The van der Waals surface area contributed by atoms with E-state index < -0.39 is 0 Å². The Bertz CT molecular complexity index is 681. The molecule has 1 aromatic carbocycles. The van der Waals surface area contributed by atoms with Gasteiger partial charge in [0.15, 0.2) is 0 Å². The van der Waals surface area contributed by atoms with Gasteiger partial charge in [-0.1, -0.05) is 17.7 Å². The Morgan fingerprint density at radius 1 is 1.41 bits per heavy atom. The van der Waals surface area contributed by atoms with E-state index in [-0.39, 0.29) is 5.91 Å². The number of amides is 1. The van der Waals surface area contributed by atoms with Gasteiger partial charge < -0.3 is 5.32 Å². The lowest BCUT2D eigenvalue weighted by atomic mass is 10.2. The second kappa shape index (κ2) is 6.94. The van der Waals surface area contributed by atoms with Gasteiger partial charge in [-0.2, -0.15) is 5.10 Å². The van der Waals surface area contributed by atoms with Gasteiger partial charge in [-0.3, -0.25) is 14.4 Å². The fourth-order valence-electron chi connectivity index (χ4n) is 2.33. The third-order valence-corrected chi connectivity index (χ3v) is 3.92. The summed E-state index contributed by atoms with van der Waals surface area (Å²) < 4.78 is 1.79. The van der Waals surface area contributed by atoms with Crippen molar-refractivity contribution < 1.29 is 4.79 Å². The first-order valence-electron chi connectivity index (χ1n) is 7.09. The van der Waals surface area contributed by atoms with Crippen molar-refractivity contribution in [2.45, 2.75) is 20.4 Å². The number of benzene rings is 1. The number of likely N-dealkylation sites (N-methyl/N-ethyl adjacent to an activating group) is 1. The van der Waals surface area contributed by atoms with Crippen molar-refractivity contribution in [1.82, 2.24) is 14.7 Å². The molecule has 0 unspecified atom stereocenters. The lowest BCUT2D eigenvalue weighted by Crippen LogP contribution is -2.30. The van der Waals surface area contributed by atoms with Crippen molar-refractivity contribution in [2.24, 2.45) is 7.05 Å². The Kier molecular flexibility index (Phi) is 5.21. The van der Waals surface area contributed by atoms with Crippen molar-refractivity contribution in [3.05, 3.63) is 46.2 Å². The molecule has 0 spiro atoms. The first-order chi connectivity index (χ1) is 10.4. The van der Waals surface area contributed by atoms with Crippen LogP contribution in [-0.2, 0) is 18.4 Å². The fraction of sp³-hybridized carbons (Fsp3) is 0.375. The summed E-state index contributed by atoms with van der Waals surface area (Å²) in [5, 5.41) is 7.86. The number of aryl methyl sites for hydroxylation is 2. The second-order valence-corrected chi connectivity index (χ2v) is 5.95. The van der Waals surface area contributed by atoms with Crippen LogP contribution in [0.3, 0.4) is 0 Å². The molecule has 1 N–H and O–H groups in total. The maximum absolute atomic E-state index is 12.2. The highest BCUT2D eigenvalue weighted by Gasteiger charge is 2.12. The number of anilines is 1. The number of hydrogen-bond donors (Lipinski definition) is 1. The van der Waals surface area contributed by atoms with Crippen LogP contribution in [0.1, 0.15) is 16.8 Å². The Morgan fingerprint density at radius 2 is 2.14 bits per heavy atom. The van der Waals surface area contributed by atoms with E-state index in [9.17, 15) is 4.79 Å². The van der Waals surface area contributed by atoms with E-state index in [2.05, 4.69) is 10.4 Å². The summed E-state index contributed by atoms with van der Waals surface area (Å²) in [4.78, 5) is 14.1. The highest BCUT2D eigenvalue weighted by atomic mass is 35.5. The average molecular weight is 321 g/mol. The highest BCUT2D eigenvalue weighted by molar-refractivity contribution is 6.31. The van der Waals surface area contributed by atoms with Gasteiger partial charge in [0.05, 0.1) is 12.2 Å². The Labute approximate surface area is 135 Å². The molecule has 5 nitrogen and oxygen atoms in total. The highest BCUT2D eigenvalue weighted by Crippen LogP contribution is 2.22. The summed E-state index contributed by atoms with van der Waals surface area (Å²) in [6.07, 6.45) is 1.98. The van der Waals surface area contributed by atoms with Gasteiger partial charge in [0, 0.05) is 36.1 Å². The van der Waals surface area contributed by atoms with Crippen molar-refractivity contribution in [1.29, 1.82) is 0 Å². The third-order valence-electron chi connectivity index (χ3n) is 3.51. The van der Waals surface area contributed by atoms with E-state index in [0.717, 1.165) is 22.5 Å². The average Bonchev–Trinajstić information content (AvgIpc) is 2.73. The zero-order valence-corrected chi connectivity index (χ0v) is 14.1. The van der Waals surface area contributed by atoms with Gasteiger partial charge in [0.2, 0.25) is 5.91 Å². The number of nitrogens with zero attached hydrogens (tertiary/aromatic N) is 3. The van der Waals surface area contributed by atoms with Gasteiger partial charge in [-0.15, -0.1) is 0 Å². The van der Waals surface area contributed by atoms with Crippen LogP contribution >= 0.6 is 11.6 Å². The maximum Gasteiger partial charge on any atom is 0.238 e. The van der Waals surface area contributed by atoms with Crippen LogP contribution in [0.5, 0.6) is 0 Å². The summed E-state index contributed by atoms with van der Waals surface area (Å²) in [7, 11) is 3.81. The zero-order valence-electron chi connectivity index (χ0n) is 13.4. The van der Waals surface area contributed by atoms with Crippen LogP contribution in [0.4, 0.5) is 5.69 Å². The SMILES string of the molecule is Cc1nn(C)cc1CN(C)CC(=O)Nc1cccc(Cl)c1C. The molecule has 22 heavy (non-hydrogen) atoms. The zero-order chi connectivity index (χ0) is 16.3. The molecular formula is C16H21ClN4O. The number of hydrogen-bond acceptors (Lipinski definition) is 3. The van der Waals surface area contributed by atoms with Crippen LogP contribution in [0, 0.1) is 13.8 Å². The number of nitrogens with one attached hydrogen (secondary N) is 1. The first-order valence-corrected chi connectivity index (χ1v) is 7.47. The van der Waals surface area contributed by atoms with Gasteiger partial charge >= 0.3 is 0 Å². The largest absolute Gasteiger partial charge is 0.325 e. The monoisotopic (exact) mass is 320 g/mol. The van der Waals surface area contributed by atoms with E-state index >= 15 is 0 Å². The molecule has 2 rings (SSSR count). The van der Waals surface area contributed by atoms with Crippen molar-refractivity contribution in [3.8, 4) is 0 Å². The summed E-state index contributed by atoms with van der Waals surface area (Å²) in [5.74, 6) is -0.0607. The van der Waals surface area contributed by atoms with Gasteiger partial charge in [-0.05, 0) is 38.6 Å². The molecule has 1 amide bonds. The van der Waals surface area contributed by atoms with E-state index in [4.69, 9.17) is 11.6 Å². The molecular weight excluding hydrogens is 300 g/mol. The summed E-state index contributed by atoms with van der Waals surface area (Å²) in [6, 6.07) is 5.49. The van der Waals surface area contributed by atoms with Crippen LogP contribution in [0.25, 0.3) is 0 Å². The predicted molar refractivity (Wildman–Crippen MR) is 89.1 cm³/mol. The van der Waals surface area contributed by atoms with E-state index in [1.165, 1.54) is 0 Å². The Morgan fingerprint density at radius 3 is 2.77 bits per heavy atom. The first kappa shape index (κ1) is 16.5. The second-order valence-electron chi connectivity index (χ2n) is 5.55. The summed E-state index contributed by atoms with van der Waals surface area (Å²) in [6.45, 7) is 4.85. The fourth-order valence-corrected chi connectivity index (χ4v) is 2.50. The van der Waals surface area contributed by atoms with Gasteiger partial charge in [0.25, 0.3) is 0 Å². The molecule has 0 saturated heterocycles. The van der Waals surface area contributed by atoms with Crippen LogP contribution in [0.15, 0.2) is 24.4 Å². The molecule has 1 aromatic heterocycles. The number of carbonyl (C=O) groups excluding carboxylic acids is 1. The van der Waals surface area contributed by atoms with Gasteiger partial charge in [0.1, 0.15) is 0 Å². The Balaban J connectivity index is 1.94. The normalized spacial score (nSPS) is 11.0. The van der Waals surface area contributed by atoms with Crippen LogP contribution < -0.4 is 5.32 Å². The van der Waals surface area contributed by atoms with Gasteiger partial charge in [-0.25, -0.2) is 0 Å². The molecule has 0 saturated carbocycles. The summed E-state index contributed by atoms with van der Waals surface area (Å²) >= 11 is 6.06. The van der Waals surface area contributed by atoms with E-state index in [0.29, 0.717) is 18.1 Å². The predicted octanol–water partition coefficient (Wildman–Crippen LogP) is 2.76. The van der Waals surface area contributed by atoms with Crippen molar-refractivity contribution in [2.75, 3.05) is 18.9 Å². The van der Waals surface area contributed by atoms with Crippen molar-refractivity contribution >= 4 is 23.2 Å². The minimum Gasteiger partial charge on any atom is -0.325 e. The molecule has 0 radical (unpaired) electrons. The number of aromatic nitrogens is 2. The van der Waals surface area contributed by atoms with Crippen LogP contribution in [-0.4, -0.2) is 34.2 Å². The standard InChI is InChI=1S/C16H21ClN4O/c1-11-14(17)6-5-7-15(11)18-16(22)10-20(3)8-13-9-21(4)19-12(13)2/h5-7,9H,8,10H2,1-4H3,(H,18,22).